The molecule has 0 spiro atoms. The topological polar surface area (TPSA) is 35.9 Å². The SMILES string of the molecule is c1ccc(-c2cc(-c3ccccc3)nc(-n3c4ccccc4c4ccc5oc6ccc(-c7ccc8c(c7)c7ccccc7n8-c7ccccc7)cc6c5c43)c2)cc1. The molecule has 4 nitrogen and oxygen atoms in total. The van der Waals surface area contributed by atoms with Gasteiger partial charge in [-0.25, -0.2) is 4.98 Å². The third-order valence-corrected chi connectivity index (χ3v) is 11.5. The highest BCUT2D eigenvalue weighted by Gasteiger charge is 2.21. The normalized spacial score (nSPS) is 11.9. The first-order valence-electron chi connectivity index (χ1n) is 19.4. The van der Waals surface area contributed by atoms with E-state index in [1.807, 2.05) is 0 Å². The van der Waals surface area contributed by atoms with Crippen LogP contribution in [0, 0.1) is 0 Å². The molecule has 4 aromatic heterocycles. The van der Waals surface area contributed by atoms with E-state index in [1.165, 1.54) is 27.2 Å². The lowest BCUT2D eigenvalue weighted by atomic mass is 10.00. The highest BCUT2D eigenvalue weighted by atomic mass is 16.3. The largest absolute Gasteiger partial charge is 0.456 e. The summed E-state index contributed by atoms with van der Waals surface area (Å²) in [4.78, 5) is 5.42. The van der Waals surface area contributed by atoms with Gasteiger partial charge in [0.05, 0.1) is 33.1 Å². The number of hydrogen-bond acceptors (Lipinski definition) is 2. The van der Waals surface area contributed by atoms with E-state index in [0.717, 1.165) is 83.4 Å². The summed E-state index contributed by atoms with van der Waals surface area (Å²) in [5.41, 5.74) is 14.0. The lowest BCUT2D eigenvalue weighted by Crippen LogP contribution is -2.00. The van der Waals surface area contributed by atoms with Crippen molar-refractivity contribution in [1.82, 2.24) is 14.1 Å². The average molecular weight is 728 g/mol. The highest BCUT2D eigenvalue weighted by molar-refractivity contribution is 6.25. The van der Waals surface area contributed by atoms with Crippen LogP contribution in [0.25, 0.3) is 111 Å². The van der Waals surface area contributed by atoms with Gasteiger partial charge in [0, 0.05) is 38.2 Å². The summed E-state index contributed by atoms with van der Waals surface area (Å²) in [6.45, 7) is 0. The lowest BCUT2D eigenvalue weighted by Gasteiger charge is -2.13. The van der Waals surface area contributed by atoms with Crippen molar-refractivity contribution in [2.45, 2.75) is 0 Å². The van der Waals surface area contributed by atoms with E-state index in [4.69, 9.17) is 9.40 Å². The first-order valence-corrected chi connectivity index (χ1v) is 19.4. The third-order valence-electron chi connectivity index (χ3n) is 11.5. The Labute approximate surface area is 328 Å². The van der Waals surface area contributed by atoms with Crippen molar-refractivity contribution in [3.8, 4) is 45.0 Å². The van der Waals surface area contributed by atoms with Gasteiger partial charge in [0.25, 0.3) is 0 Å². The number of para-hydroxylation sites is 3. The minimum atomic E-state index is 0.850. The maximum atomic E-state index is 6.67. The minimum absolute atomic E-state index is 0.850. The Morgan fingerprint density at radius 1 is 0.351 bits per heavy atom. The van der Waals surface area contributed by atoms with Crippen LogP contribution in [0.5, 0.6) is 0 Å². The van der Waals surface area contributed by atoms with Crippen LogP contribution in [0.15, 0.2) is 205 Å². The Balaban J connectivity index is 1.12. The van der Waals surface area contributed by atoms with Gasteiger partial charge in [-0.1, -0.05) is 127 Å². The van der Waals surface area contributed by atoms with Gasteiger partial charge in [0.15, 0.2) is 0 Å². The van der Waals surface area contributed by atoms with Crippen molar-refractivity contribution in [3.05, 3.63) is 200 Å². The molecule has 0 saturated carbocycles. The van der Waals surface area contributed by atoms with E-state index >= 15 is 0 Å². The molecule has 12 rings (SSSR count). The van der Waals surface area contributed by atoms with E-state index < -0.39 is 0 Å². The van der Waals surface area contributed by atoms with E-state index in [0.29, 0.717) is 0 Å². The Bertz CT molecular complexity index is 3440. The molecule has 0 saturated heterocycles. The molecule has 0 aliphatic rings. The van der Waals surface area contributed by atoms with Crippen LogP contribution in [-0.2, 0) is 0 Å². The lowest BCUT2D eigenvalue weighted by molar-refractivity contribution is 0.669. The second-order valence-corrected chi connectivity index (χ2v) is 14.8. The second-order valence-electron chi connectivity index (χ2n) is 14.8. The average Bonchev–Trinajstić information content (AvgIpc) is 3.94. The zero-order chi connectivity index (χ0) is 37.5. The summed E-state index contributed by atoms with van der Waals surface area (Å²) >= 11 is 0. The molecular weight excluding hydrogens is 695 g/mol. The van der Waals surface area contributed by atoms with Crippen LogP contribution in [-0.4, -0.2) is 14.1 Å². The van der Waals surface area contributed by atoms with Gasteiger partial charge in [-0.3, -0.25) is 4.57 Å². The summed E-state index contributed by atoms with van der Waals surface area (Å²) in [7, 11) is 0. The molecule has 4 heterocycles. The smallest absolute Gasteiger partial charge is 0.138 e. The summed E-state index contributed by atoms with van der Waals surface area (Å²) in [6, 6.07) is 71.2. The van der Waals surface area contributed by atoms with Crippen LogP contribution < -0.4 is 0 Å². The van der Waals surface area contributed by atoms with Crippen LogP contribution in [0.3, 0.4) is 0 Å². The van der Waals surface area contributed by atoms with Gasteiger partial charge < -0.3 is 8.98 Å². The van der Waals surface area contributed by atoms with Gasteiger partial charge in [-0.05, 0) is 95.1 Å². The van der Waals surface area contributed by atoms with Crippen LogP contribution in [0.4, 0.5) is 0 Å². The van der Waals surface area contributed by atoms with Gasteiger partial charge in [-0.15, -0.1) is 0 Å². The van der Waals surface area contributed by atoms with Crippen LogP contribution in [0.2, 0.25) is 0 Å². The van der Waals surface area contributed by atoms with E-state index in [-0.39, 0.29) is 0 Å². The maximum Gasteiger partial charge on any atom is 0.138 e. The van der Waals surface area contributed by atoms with Crippen molar-refractivity contribution in [3.63, 3.8) is 0 Å². The first-order chi connectivity index (χ1) is 28.3. The van der Waals surface area contributed by atoms with Crippen LogP contribution in [0.1, 0.15) is 0 Å². The van der Waals surface area contributed by atoms with E-state index in [2.05, 4.69) is 209 Å². The Hall–Kier alpha value is -7.69. The molecule has 0 atom stereocenters. The molecule has 0 fully saturated rings. The zero-order valence-electron chi connectivity index (χ0n) is 30.8. The predicted octanol–water partition coefficient (Wildman–Crippen LogP) is 14.2. The van der Waals surface area contributed by atoms with Crippen molar-refractivity contribution >= 4 is 65.6 Å². The van der Waals surface area contributed by atoms with E-state index in [9.17, 15) is 0 Å². The number of fused-ring (bicyclic) bond motifs is 10. The molecular formula is C53H33N3O. The predicted molar refractivity (Wildman–Crippen MR) is 237 cm³/mol. The van der Waals surface area contributed by atoms with Gasteiger partial charge >= 0.3 is 0 Å². The second kappa shape index (κ2) is 12.4. The highest BCUT2D eigenvalue weighted by Crippen LogP contribution is 2.43. The summed E-state index contributed by atoms with van der Waals surface area (Å²) in [5, 5.41) is 6.95. The number of pyridine rings is 1. The molecule has 0 aliphatic carbocycles. The fourth-order valence-electron chi connectivity index (χ4n) is 8.93. The molecule has 4 heteroatoms. The molecule has 266 valence electrons. The van der Waals surface area contributed by atoms with Crippen molar-refractivity contribution in [1.29, 1.82) is 0 Å². The fraction of sp³-hybridized carbons (Fsp3) is 0. The Kier molecular flexibility index (Phi) is 6.89. The van der Waals surface area contributed by atoms with E-state index in [1.54, 1.807) is 0 Å². The monoisotopic (exact) mass is 727 g/mol. The molecule has 57 heavy (non-hydrogen) atoms. The maximum absolute atomic E-state index is 6.67. The van der Waals surface area contributed by atoms with Crippen LogP contribution >= 0.6 is 0 Å². The molecule has 12 aromatic rings. The van der Waals surface area contributed by atoms with Crippen molar-refractivity contribution < 1.29 is 4.42 Å². The Morgan fingerprint density at radius 2 is 0.930 bits per heavy atom. The molecule has 0 N–H and O–H groups in total. The molecule has 0 bridgehead atoms. The number of aromatic nitrogens is 3. The summed E-state index contributed by atoms with van der Waals surface area (Å²) < 4.78 is 11.4. The number of nitrogens with zero attached hydrogens (tertiary/aromatic N) is 3. The summed E-state index contributed by atoms with van der Waals surface area (Å²) in [6.07, 6.45) is 0. The van der Waals surface area contributed by atoms with Gasteiger partial charge in [0.1, 0.15) is 17.0 Å². The summed E-state index contributed by atoms with van der Waals surface area (Å²) in [5.74, 6) is 0.861. The van der Waals surface area contributed by atoms with Crippen molar-refractivity contribution in [2.24, 2.45) is 0 Å². The molecule has 0 unspecified atom stereocenters. The number of benzene rings is 8. The molecule has 0 aliphatic heterocycles. The molecule has 0 amide bonds. The number of furan rings is 1. The van der Waals surface area contributed by atoms with Gasteiger partial charge in [-0.2, -0.15) is 0 Å². The minimum Gasteiger partial charge on any atom is -0.456 e. The first kappa shape index (κ1) is 31.6. The molecule has 0 radical (unpaired) electrons. The fourth-order valence-corrected chi connectivity index (χ4v) is 8.93. The van der Waals surface area contributed by atoms with Crippen molar-refractivity contribution in [2.75, 3.05) is 0 Å². The molecule has 8 aromatic carbocycles. The zero-order valence-corrected chi connectivity index (χ0v) is 30.8. The number of rotatable bonds is 5. The standard InChI is InChI=1S/C53H33N3O/c1-4-14-34(15-5-1)38-32-45(35-16-6-2-7-17-35)54-51(33-38)56-47-23-13-10-20-40(47)42-26-29-50-52(53(42)56)44-31-37(25-28-49(44)57-50)36-24-27-48-43(30-36)41-21-11-12-22-46(41)55(48)39-18-8-3-9-19-39/h1-33H. The van der Waals surface area contributed by atoms with Gasteiger partial charge in [0.2, 0.25) is 0 Å². The quantitative estimate of drug-likeness (QED) is 0.177. The third kappa shape index (κ3) is 4.91. The number of hydrogen-bond donors (Lipinski definition) is 0. The Morgan fingerprint density at radius 3 is 1.68 bits per heavy atom.